The van der Waals surface area contributed by atoms with E-state index >= 15 is 0 Å². The molecule has 0 saturated heterocycles. The van der Waals surface area contributed by atoms with Crippen molar-refractivity contribution in [2.24, 2.45) is 0 Å². The third-order valence-corrected chi connectivity index (χ3v) is 11.4. The van der Waals surface area contributed by atoms with Crippen molar-refractivity contribution < 1.29 is 0 Å². The molecule has 9 aromatic rings. The quantitative estimate of drug-likeness (QED) is 0.184. The standard InChI is InChI=1S/C51H30N4/c52-31-32-22-27-46-43(28-32)41-26-25-36(30-47(41)51(46)44-20-10-8-17-39(44)40-18-9-11-21-45(40)51)38-16-6-7-19-42(38)50-54-48(34-13-2-1-3-14-34)53-49(55-50)37-24-23-33-12-4-5-15-35(33)29-37/h1-30H. The molecule has 55 heavy (non-hydrogen) atoms. The molecule has 0 N–H and O–H groups in total. The predicted molar refractivity (Wildman–Crippen MR) is 220 cm³/mol. The number of nitrogens with zero attached hydrogens (tertiary/aromatic N) is 4. The Morgan fingerprint density at radius 3 is 1.65 bits per heavy atom. The maximum absolute atomic E-state index is 9.99. The molecule has 0 amide bonds. The zero-order valence-corrected chi connectivity index (χ0v) is 29.6. The summed E-state index contributed by atoms with van der Waals surface area (Å²) in [6.07, 6.45) is 0. The highest BCUT2D eigenvalue weighted by Crippen LogP contribution is 2.63. The Hall–Kier alpha value is -7.48. The van der Waals surface area contributed by atoms with Crippen LogP contribution in [0.4, 0.5) is 0 Å². The van der Waals surface area contributed by atoms with Crippen LogP contribution in [-0.4, -0.2) is 15.0 Å². The molecule has 0 bridgehead atoms. The lowest BCUT2D eigenvalue weighted by Gasteiger charge is -2.30. The van der Waals surface area contributed by atoms with E-state index in [1.807, 2.05) is 36.4 Å². The minimum Gasteiger partial charge on any atom is -0.208 e. The topological polar surface area (TPSA) is 62.5 Å². The van der Waals surface area contributed by atoms with Crippen molar-refractivity contribution in [2.75, 3.05) is 0 Å². The van der Waals surface area contributed by atoms with Crippen LogP contribution >= 0.6 is 0 Å². The molecule has 0 atom stereocenters. The Morgan fingerprint density at radius 2 is 0.909 bits per heavy atom. The fourth-order valence-electron chi connectivity index (χ4n) is 8.98. The van der Waals surface area contributed by atoms with Crippen LogP contribution in [0.15, 0.2) is 182 Å². The summed E-state index contributed by atoms with van der Waals surface area (Å²) in [4.78, 5) is 15.4. The number of aromatic nitrogens is 3. The number of hydrogen-bond acceptors (Lipinski definition) is 4. The van der Waals surface area contributed by atoms with E-state index in [1.165, 1.54) is 38.8 Å². The average molecular weight is 699 g/mol. The first-order valence-corrected chi connectivity index (χ1v) is 18.5. The molecular weight excluding hydrogens is 669 g/mol. The van der Waals surface area contributed by atoms with E-state index in [2.05, 4.69) is 152 Å². The van der Waals surface area contributed by atoms with Gasteiger partial charge in [-0.25, -0.2) is 15.0 Å². The smallest absolute Gasteiger partial charge is 0.164 e. The van der Waals surface area contributed by atoms with Crippen LogP contribution in [0.2, 0.25) is 0 Å². The van der Waals surface area contributed by atoms with Gasteiger partial charge in [-0.3, -0.25) is 0 Å². The van der Waals surface area contributed by atoms with Gasteiger partial charge >= 0.3 is 0 Å². The zero-order valence-electron chi connectivity index (χ0n) is 29.6. The minimum atomic E-state index is -0.534. The van der Waals surface area contributed by atoms with Gasteiger partial charge in [-0.05, 0) is 90.7 Å². The summed E-state index contributed by atoms with van der Waals surface area (Å²) in [5.41, 5.74) is 14.7. The van der Waals surface area contributed by atoms with E-state index in [4.69, 9.17) is 15.0 Å². The molecule has 8 aromatic carbocycles. The van der Waals surface area contributed by atoms with Gasteiger partial charge in [-0.15, -0.1) is 0 Å². The average Bonchev–Trinajstić information content (AvgIpc) is 3.73. The maximum Gasteiger partial charge on any atom is 0.164 e. The minimum absolute atomic E-state index is 0.534. The Labute approximate surface area is 318 Å². The number of rotatable bonds is 4. The van der Waals surface area contributed by atoms with Crippen LogP contribution in [0.5, 0.6) is 0 Å². The van der Waals surface area contributed by atoms with Crippen molar-refractivity contribution >= 4 is 10.8 Å². The monoisotopic (exact) mass is 698 g/mol. The van der Waals surface area contributed by atoms with Crippen LogP contribution < -0.4 is 0 Å². The van der Waals surface area contributed by atoms with Gasteiger partial charge in [0.1, 0.15) is 0 Å². The van der Waals surface area contributed by atoms with Gasteiger partial charge in [0.2, 0.25) is 0 Å². The summed E-state index contributed by atoms with van der Waals surface area (Å²) in [5, 5.41) is 12.3. The van der Waals surface area contributed by atoms with Crippen molar-refractivity contribution in [3.05, 3.63) is 210 Å². The number of nitriles is 1. The van der Waals surface area contributed by atoms with Crippen molar-refractivity contribution in [1.29, 1.82) is 5.26 Å². The molecule has 0 saturated carbocycles. The molecule has 0 aliphatic heterocycles. The Balaban J connectivity index is 1.14. The summed E-state index contributed by atoms with van der Waals surface area (Å²) in [6, 6.07) is 66.2. The van der Waals surface area contributed by atoms with Crippen LogP contribution in [0.25, 0.3) is 78.3 Å². The Kier molecular flexibility index (Phi) is 6.80. The van der Waals surface area contributed by atoms with Gasteiger partial charge < -0.3 is 0 Å². The van der Waals surface area contributed by atoms with Crippen LogP contribution in [-0.2, 0) is 5.41 Å². The molecule has 254 valence electrons. The van der Waals surface area contributed by atoms with E-state index in [-0.39, 0.29) is 0 Å². The van der Waals surface area contributed by atoms with Gasteiger partial charge in [-0.1, -0.05) is 158 Å². The highest BCUT2D eigenvalue weighted by Gasteiger charge is 2.51. The molecule has 11 rings (SSSR count). The molecule has 2 aliphatic rings. The van der Waals surface area contributed by atoms with E-state index < -0.39 is 5.41 Å². The van der Waals surface area contributed by atoms with Gasteiger partial charge in [0.15, 0.2) is 17.5 Å². The largest absolute Gasteiger partial charge is 0.208 e. The normalized spacial score (nSPS) is 12.9. The molecular formula is C51H30N4. The number of fused-ring (bicyclic) bond motifs is 11. The van der Waals surface area contributed by atoms with Crippen molar-refractivity contribution in [1.82, 2.24) is 15.0 Å². The Morgan fingerprint density at radius 1 is 0.345 bits per heavy atom. The van der Waals surface area contributed by atoms with Gasteiger partial charge in [0, 0.05) is 16.7 Å². The molecule has 1 aromatic heterocycles. The second-order valence-electron chi connectivity index (χ2n) is 14.3. The van der Waals surface area contributed by atoms with Gasteiger partial charge in [-0.2, -0.15) is 5.26 Å². The fraction of sp³-hybridized carbons (Fsp3) is 0.0196. The first-order valence-electron chi connectivity index (χ1n) is 18.5. The third kappa shape index (κ3) is 4.60. The molecule has 4 heteroatoms. The summed E-state index contributed by atoms with van der Waals surface area (Å²) in [7, 11) is 0. The second kappa shape index (κ2) is 12.0. The van der Waals surface area contributed by atoms with Gasteiger partial charge in [0.05, 0.1) is 17.0 Å². The number of benzene rings is 8. The van der Waals surface area contributed by atoms with E-state index in [9.17, 15) is 5.26 Å². The first kappa shape index (κ1) is 31.1. The molecule has 0 unspecified atom stereocenters. The lowest BCUT2D eigenvalue weighted by molar-refractivity contribution is 0.794. The first-order chi connectivity index (χ1) is 27.2. The molecule has 4 nitrogen and oxygen atoms in total. The van der Waals surface area contributed by atoms with E-state index in [0.29, 0.717) is 23.0 Å². The molecule has 2 aliphatic carbocycles. The highest BCUT2D eigenvalue weighted by atomic mass is 15.0. The highest BCUT2D eigenvalue weighted by molar-refractivity contribution is 5.97. The molecule has 1 spiro atoms. The summed E-state index contributed by atoms with van der Waals surface area (Å²) >= 11 is 0. The van der Waals surface area contributed by atoms with Crippen molar-refractivity contribution in [3.8, 4) is 73.6 Å². The molecule has 0 fully saturated rings. The van der Waals surface area contributed by atoms with Crippen LogP contribution in [0.3, 0.4) is 0 Å². The van der Waals surface area contributed by atoms with Crippen molar-refractivity contribution in [3.63, 3.8) is 0 Å². The fourth-order valence-corrected chi connectivity index (χ4v) is 8.98. The zero-order chi connectivity index (χ0) is 36.5. The predicted octanol–water partition coefficient (Wildman–Crippen LogP) is 11.9. The summed E-state index contributed by atoms with van der Waals surface area (Å²) in [6.45, 7) is 0. The van der Waals surface area contributed by atoms with E-state index in [0.717, 1.165) is 44.3 Å². The SMILES string of the molecule is N#Cc1ccc2c(c1)-c1ccc(-c3ccccc3-c3nc(-c4ccccc4)nc(-c4ccc5ccccc5c4)n3)cc1C21c2ccccc2-c2ccccc21. The maximum atomic E-state index is 9.99. The molecule has 0 radical (unpaired) electrons. The van der Waals surface area contributed by atoms with Gasteiger partial charge in [0.25, 0.3) is 0 Å². The summed E-state index contributed by atoms with van der Waals surface area (Å²) in [5.74, 6) is 1.86. The number of hydrogen-bond donors (Lipinski definition) is 0. The third-order valence-electron chi connectivity index (χ3n) is 11.4. The van der Waals surface area contributed by atoms with Crippen molar-refractivity contribution in [2.45, 2.75) is 5.41 Å². The lowest BCUT2D eigenvalue weighted by Crippen LogP contribution is -2.25. The van der Waals surface area contributed by atoms with E-state index in [1.54, 1.807) is 0 Å². The summed E-state index contributed by atoms with van der Waals surface area (Å²) < 4.78 is 0. The van der Waals surface area contributed by atoms with Crippen LogP contribution in [0.1, 0.15) is 27.8 Å². The lowest BCUT2D eigenvalue weighted by atomic mass is 9.70. The Bertz CT molecular complexity index is 3020. The van der Waals surface area contributed by atoms with Crippen LogP contribution in [0, 0.1) is 11.3 Å². The molecule has 1 heterocycles. The second-order valence-corrected chi connectivity index (χ2v) is 14.3.